The number of likely N-dealkylation sites (tertiary alicyclic amines) is 1. The number of phosphoric acid groups is 1. The first-order valence-electron chi connectivity index (χ1n) is 22.7. The maximum atomic E-state index is 14.3. The van der Waals surface area contributed by atoms with Gasteiger partial charge in [0.15, 0.2) is 0 Å². The summed E-state index contributed by atoms with van der Waals surface area (Å²) in [5.74, 6) is -1.32. The fourth-order valence-corrected chi connectivity index (χ4v) is 9.81. The van der Waals surface area contributed by atoms with Crippen molar-refractivity contribution in [3.8, 4) is 11.5 Å². The SMILES string of the molecule is CC[C@H](C)[C@@H]([C@@H](CC(=O)N1CCC[C@H]1[C@H](OC)[C@@H](C)C(=O)NCCc1ccc(OP(=O)(O)Oc2ccc3cccnc3c2)cc1)OC)N(C)C(=O)[C@@H](NC(=O)[C@H](C(C)C)N(C)C)C(C)C. The van der Waals surface area contributed by atoms with E-state index in [0.717, 1.165) is 23.8 Å². The number of amides is 4. The van der Waals surface area contributed by atoms with Crippen molar-refractivity contribution in [3.05, 3.63) is 66.4 Å². The summed E-state index contributed by atoms with van der Waals surface area (Å²) in [5.41, 5.74) is 1.47. The highest BCUT2D eigenvalue weighted by atomic mass is 31.2. The van der Waals surface area contributed by atoms with E-state index in [0.29, 0.717) is 31.4 Å². The lowest BCUT2D eigenvalue weighted by molar-refractivity contribution is -0.148. The van der Waals surface area contributed by atoms with Crippen LogP contribution in [0.2, 0.25) is 0 Å². The molecule has 1 aliphatic heterocycles. The van der Waals surface area contributed by atoms with Crippen LogP contribution in [0.15, 0.2) is 60.8 Å². The molecule has 4 rings (SSSR count). The van der Waals surface area contributed by atoms with Gasteiger partial charge in [-0.05, 0) is 87.0 Å². The van der Waals surface area contributed by atoms with Crippen molar-refractivity contribution in [2.75, 3.05) is 48.5 Å². The molecule has 65 heavy (non-hydrogen) atoms. The van der Waals surface area contributed by atoms with Crippen molar-refractivity contribution in [1.29, 1.82) is 0 Å². The van der Waals surface area contributed by atoms with Crippen molar-refractivity contribution in [3.63, 3.8) is 0 Å². The van der Waals surface area contributed by atoms with Crippen LogP contribution in [-0.4, -0.2) is 133 Å². The monoisotopic (exact) mass is 925 g/mol. The summed E-state index contributed by atoms with van der Waals surface area (Å²) >= 11 is 0. The molecule has 0 radical (unpaired) electrons. The molecular formula is C48H73N6O10P. The second-order valence-corrected chi connectivity index (χ2v) is 19.5. The highest BCUT2D eigenvalue weighted by Crippen LogP contribution is 2.44. The summed E-state index contributed by atoms with van der Waals surface area (Å²) in [7, 11) is 4.03. The molecule has 0 spiro atoms. The Bertz CT molecular complexity index is 2080. The minimum absolute atomic E-state index is 0.0142. The van der Waals surface area contributed by atoms with Crippen molar-refractivity contribution in [1.82, 2.24) is 30.3 Å². The van der Waals surface area contributed by atoms with Gasteiger partial charge in [0.2, 0.25) is 23.6 Å². The van der Waals surface area contributed by atoms with Gasteiger partial charge >= 0.3 is 7.82 Å². The average molecular weight is 925 g/mol. The third-order valence-corrected chi connectivity index (χ3v) is 13.5. The molecule has 2 heterocycles. The molecule has 1 unspecified atom stereocenters. The summed E-state index contributed by atoms with van der Waals surface area (Å²) in [6.07, 6.45) is 3.02. The zero-order chi connectivity index (χ0) is 48.2. The summed E-state index contributed by atoms with van der Waals surface area (Å²) in [4.78, 5) is 75.6. The van der Waals surface area contributed by atoms with Gasteiger partial charge < -0.3 is 39.0 Å². The molecule has 16 nitrogen and oxygen atoms in total. The van der Waals surface area contributed by atoms with Crippen molar-refractivity contribution in [2.45, 2.75) is 117 Å². The van der Waals surface area contributed by atoms with Crippen LogP contribution in [0.25, 0.3) is 10.9 Å². The predicted octanol–water partition coefficient (Wildman–Crippen LogP) is 6.10. The molecule has 0 aliphatic carbocycles. The van der Waals surface area contributed by atoms with E-state index in [1.54, 1.807) is 92.7 Å². The number of aromatic nitrogens is 1. The molecule has 2 aromatic carbocycles. The number of pyridine rings is 1. The molecule has 3 N–H and O–H groups in total. The number of nitrogens with zero attached hydrogens (tertiary/aromatic N) is 4. The third kappa shape index (κ3) is 14.2. The summed E-state index contributed by atoms with van der Waals surface area (Å²) in [6.45, 7) is 14.5. The number of phosphoric ester groups is 1. The first-order chi connectivity index (χ1) is 30.7. The van der Waals surface area contributed by atoms with E-state index < -0.39 is 44.1 Å². The van der Waals surface area contributed by atoms with E-state index in [2.05, 4.69) is 15.6 Å². The number of benzene rings is 2. The van der Waals surface area contributed by atoms with Crippen molar-refractivity contribution < 1.29 is 47.2 Å². The lowest BCUT2D eigenvalue weighted by atomic mass is 9.89. The molecular weight excluding hydrogens is 852 g/mol. The Morgan fingerprint density at radius 2 is 1.57 bits per heavy atom. The second-order valence-electron chi connectivity index (χ2n) is 18.2. The van der Waals surface area contributed by atoms with E-state index in [1.165, 1.54) is 0 Å². The average Bonchev–Trinajstić information content (AvgIpc) is 3.74. The number of nitrogens with one attached hydrogen (secondary N) is 2. The zero-order valence-corrected chi connectivity index (χ0v) is 41.2. The smallest absolute Gasteiger partial charge is 0.395 e. The van der Waals surface area contributed by atoms with Crippen LogP contribution >= 0.6 is 7.82 Å². The number of hydrogen-bond acceptors (Lipinski definition) is 11. The topological polar surface area (TPSA) is 189 Å². The van der Waals surface area contributed by atoms with Crippen LogP contribution in [0.5, 0.6) is 11.5 Å². The van der Waals surface area contributed by atoms with Gasteiger partial charge in [-0.1, -0.05) is 73.1 Å². The van der Waals surface area contributed by atoms with Crippen LogP contribution in [0.3, 0.4) is 0 Å². The Kier molecular flexibility index (Phi) is 19.8. The Labute approximate surface area is 385 Å². The molecule has 0 bridgehead atoms. The predicted molar refractivity (Wildman–Crippen MR) is 251 cm³/mol. The Balaban J connectivity index is 1.35. The van der Waals surface area contributed by atoms with Gasteiger partial charge in [-0.25, -0.2) is 4.57 Å². The number of carbonyl (C=O) groups is 4. The van der Waals surface area contributed by atoms with E-state index in [9.17, 15) is 28.6 Å². The number of rotatable bonds is 24. The molecule has 17 heteroatoms. The maximum absolute atomic E-state index is 14.3. The summed E-state index contributed by atoms with van der Waals surface area (Å²) in [5, 5.41) is 6.90. The first kappa shape index (κ1) is 53.0. The lowest BCUT2D eigenvalue weighted by Crippen LogP contribution is -2.59. The fourth-order valence-electron chi connectivity index (χ4n) is 9.01. The molecule has 1 fully saturated rings. The number of fused-ring (bicyclic) bond motifs is 1. The van der Waals surface area contributed by atoms with Gasteiger partial charge in [0, 0.05) is 52.0 Å². The van der Waals surface area contributed by atoms with Crippen LogP contribution in [-0.2, 0) is 39.6 Å². The molecule has 0 saturated carbocycles. The molecule has 4 amide bonds. The van der Waals surface area contributed by atoms with Crippen LogP contribution in [0.1, 0.15) is 79.7 Å². The Morgan fingerprint density at radius 1 is 0.908 bits per heavy atom. The minimum Gasteiger partial charge on any atom is -0.395 e. The lowest BCUT2D eigenvalue weighted by Gasteiger charge is -2.41. The number of likely N-dealkylation sites (N-methyl/N-ethyl adjacent to an activating group) is 2. The largest absolute Gasteiger partial charge is 0.584 e. The Hall–Kier alpha value is -4.60. The molecule has 9 atom stereocenters. The van der Waals surface area contributed by atoms with E-state index >= 15 is 0 Å². The van der Waals surface area contributed by atoms with Gasteiger partial charge in [-0.2, -0.15) is 0 Å². The molecule has 3 aromatic rings. The Morgan fingerprint density at radius 3 is 2.17 bits per heavy atom. The minimum atomic E-state index is -4.51. The fraction of sp³-hybridized carbons (Fsp3) is 0.604. The maximum Gasteiger partial charge on any atom is 0.584 e. The summed E-state index contributed by atoms with van der Waals surface area (Å²) in [6, 6.07) is 13.2. The van der Waals surface area contributed by atoms with Crippen LogP contribution in [0.4, 0.5) is 0 Å². The van der Waals surface area contributed by atoms with Gasteiger partial charge in [-0.15, -0.1) is 0 Å². The molecule has 1 aromatic heterocycles. The quantitative estimate of drug-likeness (QED) is 0.0878. The second kappa shape index (κ2) is 24.3. The van der Waals surface area contributed by atoms with Gasteiger partial charge in [-0.3, -0.25) is 34.0 Å². The highest BCUT2D eigenvalue weighted by molar-refractivity contribution is 7.48. The highest BCUT2D eigenvalue weighted by Gasteiger charge is 2.43. The van der Waals surface area contributed by atoms with Crippen molar-refractivity contribution >= 4 is 42.4 Å². The van der Waals surface area contributed by atoms with Gasteiger partial charge in [0.05, 0.1) is 48.2 Å². The van der Waals surface area contributed by atoms with Gasteiger partial charge in [0.1, 0.15) is 17.5 Å². The van der Waals surface area contributed by atoms with Crippen molar-refractivity contribution in [2.24, 2.45) is 23.7 Å². The number of ether oxygens (including phenoxy) is 2. The number of hydrogen-bond donors (Lipinski definition) is 3. The van der Waals surface area contributed by atoms with E-state index in [1.807, 2.05) is 66.6 Å². The van der Waals surface area contributed by atoms with Crippen LogP contribution in [0, 0.1) is 23.7 Å². The molecule has 1 saturated heterocycles. The molecule has 1 aliphatic rings. The third-order valence-electron chi connectivity index (χ3n) is 12.6. The van der Waals surface area contributed by atoms with E-state index in [4.69, 9.17) is 18.5 Å². The standard InChI is InChI=1S/C48H73N6O10P/c1-13-32(6)44(53(10)48(58)42(30(2)3)51-47(57)43(31(4)5)52(8)9)40(61-11)29-41(55)54-27-15-17-39(54)45(62-12)33(7)46(56)50-26-24-34-18-21-36(22-19-34)63-65(59,60)64-37-23-20-35-16-14-25-49-38(35)28-37/h14,16,18-23,25,28,30-33,39-40,42-45H,13,15,17,24,26-27,29H2,1-12H3,(H,50,56)(H,51,57)(H,59,60)/t32-,33+,39-,40+,42-,43-,44-,45+/m0/s1. The number of methoxy groups -OCH3 is 2. The van der Waals surface area contributed by atoms with Crippen LogP contribution < -0.4 is 19.7 Å². The van der Waals surface area contributed by atoms with E-state index in [-0.39, 0.29) is 65.3 Å². The summed E-state index contributed by atoms with van der Waals surface area (Å²) < 4.78 is 35.4. The number of carbonyl (C=O) groups excluding carboxylic acids is 4. The van der Waals surface area contributed by atoms with Gasteiger partial charge in [0.25, 0.3) is 0 Å². The first-order valence-corrected chi connectivity index (χ1v) is 24.2. The zero-order valence-electron chi connectivity index (χ0n) is 40.4. The molecule has 360 valence electrons. The normalized spacial score (nSPS) is 18.3.